The van der Waals surface area contributed by atoms with Crippen LogP contribution in [0.25, 0.3) is 0 Å². The summed E-state index contributed by atoms with van der Waals surface area (Å²) in [6.07, 6.45) is -0.249. The number of para-hydroxylation sites is 1. The number of ether oxygens (including phenoxy) is 1. The third kappa shape index (κ3) is 7.20. The maximum atomic E-state index is 12.0. The van der Waals surface area contributed by atoms with Gasteiger partial charge in [0.2, 0.25) is 0 Å². The van der Waals surface area contributed by atoms with Gasteiger partial charge in [0.1, 0.15) is 11.8 Å². The number of hydrogen-bond acceptors (Lipinski definition) is 4. The van der Waals surface area contributed by atoms with E-state index in [0.717, 1.165) is 0 Å². The second-order valence-electron chi connectivity index (χ2n) is 4.22. The highest BCUT2D eigenvalue weighted by Crippen LogP contribution is 2.48. The van der Waals surface area contributed by atoms with Gasteiger partial charge in [0.25, 0.3) is 0 Å². The first-order valence-corrected chi connectivity index (χ1v) is 8.36. The molecule has 20 heavy (non-hydrogen) atoms. The van der Waals surface area contributed by atoms with Crippen LogP contribution in [0, 0.1) is 0 Å². The quantitative estimate of drug-likeness (QED) is 0.635. The molecular formula is C12H19ClNO4PS. The molecule has 0 aliphatic carbocycles. The molecule has 5 nitrogen and oxygen atoms in total. The van der Waals surface area contributed by atoms with Crippen molar-refractivity contribution in [3.8, 4) is 5.75 Å². The second kappa shape index (κ2) is 8.57. The molecule has 1 rings (SSSR count). The molecule has 0 saturated heterocycles. The Balaban J connectivity index is 0.00000361. The molecular weight excluding hydrogens is 321 g/mol. The second-order valence-corrected chi connectivity index (χ2v) is 6.96. The molecule has 0 saturated carbocycles. The van der Waals surface area contributed by atoms with Crippen LogP contribution in [0.15, 0.2) is 30.3 Å². The van der Waals surface area contributed by atoms with E-state index in [2.05, 4.69) is 5.09 Å². The van der Waals surface area contributed by atoms with Crippen molar-refractivity contribution < 1.29 is 18.6 Å². The van der Waals surface area contributed by atoms with Crippen LogP contribution in [0.2, 0.25) is 0 Å². The number of hydrogen-bond donors (Lipinski definition) is 1. The predicted octanol–water partition coefficient (Wildman–Crippen LogP) is 3.45. The number of esters is 1. The average molecular weight is 340 g/mol. The van der Waals surface area contributed by atoms with Gasteiger partial charge in [0.15, 0.2) is 0 Å². The van der Waals surface area contributed by atoms with Crippen molar-refractivity contribution in [2.45, 2.75) is 32.9 Å². The highest BCUT2D eigenvalue weighted by molar-refractivity contribution is 7.84. The van der Waals surface area contributed by atoms with Crippen LogP contribution in [-0.2, 0) is 14.1 Å². The van der Waals surface area contributed by atoms with E-state index in [0.29, 0.717) is 5.75 Å². The molecule has 0 bridgehead atoms. The lowest BCUT2D eigenvalue weighted by atomic mass is 10.3. The summed E-state index contributed by atoms with van der Waals surface area (Å²) in [5.41, 5.74) is 0. The monoisotopic (exact) mass is 339 g/mol. The normalized spacial score (nSPS) is 14.8. The van der Waals surface area contributed by atoms with E-state index >= 15 is 0 Å². The molecule has 1 aromatic rings. The van der Waals surface area contributed by atoms with E-state index in [4.69, 9.17) is 20.5 Å². The number of carbonyl (C=O) groups excluding carboxylic acids is 1. The van der Waals surface area contributed by atoms with Crippen LogP contribution in [0.1, 0.15) is 20.8 Å². The fourth-order valence-electron chi connectivity index (χ4n) is 1.26. The Hall–Kier alpha value is -0.680. The Morgan fingerprint density at radius 2 is 1.80 bits per heavy atom. The number of benzene rings is 1. The fourth-order valence-corrected chi connectivity index (χ4v) is 2.95. The molecule has 1 unspecified atom stereocenters. The van der Waals surface area contributed by atoms with Gasteiger partial charge in [-0.15, -0.1) is 0 Å². The summed E-state index contributed by atoms with van der Waals surface area (Å²) in [6.45, 7) is 1.32. The van der Waals surface area contributed by atoms with E-state index in [1.54, 1.807) is 44.2 Å². The molecule has 1 N–H and O–H groups in total. The van der Waals surface area contributed by atoms with Crippen molar-refractivity contribution in [3.63, 3.8) is 0 Å². The summed E-state index contributed by atoms with van der Waals surface area (Å²) in [5.74, 6) is -0.176. The van der Waals surface area contributed by atoms with E-state index < -0.39 is 18.9 Å². The molecule has 0 heterocycles. The van der Waals surface area contributed by atoms with Crippen LogP contribution in [0.3, 0.4) is 0 Å². The summed E-state index contributed by atoms with van der Waals surface area (Å²) >= 11 is 5.76. The van der Waals surface area contributed by atoms with Crippen molar-refractivity contribution in [1.29, 1.82) is 0 Å². The molecule has 0 radical (unpaired) electrons. The fraction of sp³-hybridized carbons (Fsp3) is 0.417. The first-order valence-electron chi connectivity index (χ1n) is 5.83. The summed E-state index contributed by atoms with van der Waals surface area (Å²) in [6, 6.07) is 7.66. The molecule has 0 aliphatic rings. The van der Waals surface area contributed by atoms with Crippen LogP contribution in [0.4, 0.5) is 0 Å². The highest BCUT2D eigenvalue weighted by atomic mass is 35.7. The molecule has 0 amide bonds. The number of carbonyl (C=O) groups is 1. The van der Waals surface area contributed by atoms with Crippen LogP contribution >= 0.6 is 31.6 Å². The van der Waals surface area contributed by atoms with Gasteiger partial charge >= 0.3 is 12.8 Å². The van der Waals surface area contributed by atoms with E-state index in [1.165, 1.54) is 6.92 Å². The van der Waals surface area contributed by atoms with Crippen molar-refractivity contribution in [3.05, 3.63) is 30.3 Å². The summed E-state index contributed by atoms with van der Waals surface area (Å²) in [4.78, 5) is 11.6. The summed E-state index contributed by atoms with van der Waals surface area (Å²) in [5, 5.41) is 2.43. The van der Waals surface area contributed by atoms with Crippen molar-refractivity contribution in [2.24, 2.45) is 0 Å². The predicted molar refractivity (Wildman–Crippen MR) is 84.7 cm³/mol. The maximum absolute atomic E-state index is 12.0. The molecule has 114 valence electrons. The lowest BCUT2D eigenvalue weighted by Gasteiger charge is -2.19. The lowest BCUT2D eigenvalue weighted by Crippen LogP contribution is -2.34. The van der Waals surface area contributed by atoms with Crippen molar-refractivity contribution >= 4 is 37.6 Å². The summed E-state index contributed by atoms with van der Waals surface area (Å²) < 4.78 is 22.1. The topological polar surface area (TPSA) is 64.6 Å². The minimum atomic E-state index is -3.65. The zero-order chi connectivity index (χ0) is 14.5. The molecule has 0 spiro atoms. The van der Waals surface area contributed by atoms with Gasteiger partial charge in [-0.25, -0.2) is 9.65 Å². The number of nitrogens with one attached hydrogen (secondary N) is 1. The van der Waals surface area contributed by atoms with Gasteiger partial charge in [-0.3, -0.25) is 4.79 Å². The van der Waals surface area contributed by atoms with Gasteiger partial charge in [-0.1, -0.05) is 18.2 Å². The minimum Gasteiger partial charge on any atom is -0.462 e. The van der Waals surface area contributed by atoms with Gasteiger partial charge in [0, 0.05) is 11.2 Å². The van der Waals surface area contributed by atoms with Crippen LogP contribution < -0.4 is 9.61 Å². The molecule has 1 aromatic carbocycles. The zero-order valence-electron chi connectivity index (χ0n) is 11.5. The standard InChI is InChI=1S/C12H17ClNO4P.H2S/c1-9(2)17-12(15)10(3)14-19(13,16)18-11-7-5-4-6-8-11;/h4-10H,1-3H3,(H,14,16);1H2/t10-,19?;/m0./s1. The SMILES string of the molecule is CC(C)OC(=O)[C@H](C)NP(=O)(Cl)Oc1ccccc1.S. The number of rotatable bonds is 6. The first kappa shape index (κ1) is 19.3. The van der Waals surface area contributed by atoms with Gasteiger partial charge < -0.3 is 9.26 Å². The zero-order valence-corrected chi connectivity index (χ0v) is 14.1. The third-order valence-corrected chi connectivity index (χ3v) is 3.66. The average Bonchev–Trinajstić information content (AvgIpc) is 2.27. The molecule has 0 aromatic heterocycles. The van der Waals surface area contributed by atoms with Crippen molar-refractivity contribution in [2.75, 3.05) is 0 Å². The van der Waals surface area contributed by atoms with Gasteiger partial charge in [-0.05, 0) is 32.9 Å². The molecule has 0 fully saturated rings. The Morgan fingerprint density at radius 1 is 1.25 bits per heavy atom. The number of halogens is 1. The van der Waals surface area contributed by atoms with E-state index in [-0.39, 0.29) is 19.6 Å². The molecule has 8 heteroatoms. The summed E-state index contributed by atoms with van der Waals surface area (Å²) in [7, 11) is 0. The minimum absolute atomic E-state index is 0. The lowest BCUT2D eigenvalue weighted by molar-refractivity contribution is -0.148. The van der Waals surface area contributed by atoms with Crippen LogP contribution in [0.5, 0.6) is 5.75 Å². The van der Waals surface area contributed by atoms with Crippen molar-refractivity contribution in [1.82, 2.24) is 5.09 Å². The highest BCUT2D eigenvalue weighted by Gasteiger charge is 2.28. The Labute approximate surface area is 130 Å². The van der Waals surface area contributed by atoms with E-state index in [1.807, 2.05) is 0 Å². The van der Waals surface area contributed by atoms with Gasteiger partial charge in [0.05, 0.1) is 6.10 Å². The molecule has 2 atom stereocenters. The molecule has 0 aliphatic heterocycles. The Bertz CT molecular complexity index is 472. The maximum Gasteiger partial charge on any atom is 0.409 e. The largest absolute Gasteiger partial charge is 0.462 e. The smallest absolute Gasteiger partial charge is 0.409 e. The Morgan fingerprint density at radius 3 is 2.30 bits per heavy atom. The van der Waals surface area contributed by atoms with E-state index in [9.17, 15) is 9.36 Å². The third-order valence-electron chi connectivity index (χ3n) is 2.02. The Kier molecular flexibility index (Phi) is 8.28. The van der Waals surface area contributed by atoms with Crippen LogP contribution in [-0.4, -0.2) is 18.1 Å². The van der Waals surface area contributed by atoms with Gasteiger partial charge in [-0.2, -0.15) is 13.5 Å². The first-order chi connectivity index (χ1) is 8.80.